The molecule has 2 aromatic carbocycles. The predicted octanol–water partition coefficient (Wildman–Crippen LogP) is -0.858. The van der Waals surface area contributed by atoms with E-state index in [1.807, 2.05) is 0 Å². The van der Waals surface area contributed by atoms with Crippen molar-refractivity contribution in [2.24, 2.45) is 0 Å². The largest absolute Gasteiger partial charge is 1.00 e. The normalized spacial score (nSPS) is 11.6. The molecule has 5 nitrogen and oxygen atoms in total. The Morgan fingerprint density at radius 3 is 1.20 bits per heavy atom. The first-order valence-corrected chi connectivity index (χ1v) is 8.14. The third-order valence-electron chi connectivity index (χ3n) is 2.28. The molecule has 0 aliphatic rings. The number of sulfonamides is 2. The molecule has 0 aliphatic heterocycles. The summed E-state index contributed by atoms with van der Waals surface area (Å²) in [6, 6.07) is 14.4. The topological polar surface area (TPSA) is 82.4 Å². The fourth-order valence-corrected chi connectivity index (χ4v) is 4.12. The van der Waals surface area contributed by atoms with Crippen LogP contribution in [0, 0.1) is 0 Å². The van der Waals surface area contributed by atoms with E-state index >= 15 is 0 Å². The summed E-state index contributed by atoms with van der Waals surface area (Å²) in [7, 11) is -8.46. The monoisotopic (exact) mass is 303 g/mol. The van der Waals surface area contributed by atoms with E-state index in [2.05, 4.69) is 4.13 Å². The fourth-order valence-electron chi connectivity index (χ4n) is 1.40. The summed E-state index contributed by atoms with van der Waals surface area (Å²) >= 11 is 0. The molecule has 8 heteroatoms. The number of rotatable bonds is 4. The predicted molar refractivity (Wildman–Crippen MR) is 70.6 cm³/mol. The molecule has 0 saturated heterocycles. The van der Waals surface area contributed by atoms with Gasteiger partial charge in [-0.3, -0.25) is 0 Å². The van der Waals surface area contributed by atoms with Gasteiger partial charge in [-0.2, -0.15) is 0 Å². The molecule has 2 rings (SSSR count). The van der Waals surface area contributed by atoms with Gasteiger partial charge in [-0.15, -0.1) is 0 Å². The van der Waals surface area contributed by atoms with Crippen LogP contribution in [0.25, 0.3) is 4.13 Å². The molecule has 0 aromatic heterocycles. The van der Waals surface area contributed by atoms with Crippen LogP contribution >= 0.6 is 0 Å². The molecule has 100 valence electrons. The molecule has 2 aromatic rings. The maximum Gasteiger partial charge on any atom is 1.00 e. The molecule has 0 unspecified atom stereocenters. The molecule has 0 bridgehead atoms. The zero-order chi connectivity index (χ0) is 13.9. The summed E-state index contributed by atoms with van der Waals surface area (Å²) in [4.78, 5) is -0.316. The SMILES string of the molecule is O=S(=O)([N-]S(=O)(=O)c1ccccc1)c1ccccc1.[Li+]. The van der Waals surface area contributed by atoms with Gasteiger partial charge in [0.25, 0.3) is 0 Å². The Kier molecular flexibility index (Phi) is 5.56. The van der Waals surface area contributed by atoms with Crippen molar-refractivity contribution >= 4 is 20.0 Å². The minimum absolute atomic E-state index is 0. The van der Waals surface area contributed by atoms with Crippen LogP contribution in [0.2, 0.25) is 0 Å². The van der Waals surface area contributed by atoms with Crippen molar-refractivity contribution < 1.29 is 35.7 Å². The van der Waals surface area contributed by atoms with Gasteiger partial charge in [0, 0.05) is 9.79 Å². The Hall–Kier alpha value is -1.10. The smallest absolute Gasteiger partial charge is 0.428 e. The van der Waals surface area contributed by atoms with Crippen LogP contribution in [0.4, 0.5) is 0 Å². The van der Waals surface area contributed by atoms with Crippen molar-refractivity contribution in [1.29, 1.82) is 0 Å². The molecule has 0 atom stereocenters. The Balaban J connectivity index is 0.00000200. The number of hydrogen-bond donors (Lipinski definition) is 0. The van der Waals surface area contributed by atoms with Gasteiger partial charge in [0.2, 0.25) is 0 Å². The maximum absolute atomic E-state index is 11.9. The molecular weight excluding hydrogens is 293 g/mol. The van der Waals surface area contributed by atoms with Crippen LogP contribution in [0.1, 0.15) is 0 Å². The van der Waals surface area contributed by atoms with Gasteiger partial charge in [-0.1, -0.05) is 36.4 Å². The van der Waals surface area contributed by atoms with Gasteiger partial charge in [-0.25, -0.2) is 16.8 Å². The average Bonchev–Trinajstić information content (AvgIpc) is 2.40. The van der Waals surface area contributed by atoms with Gasteiger partial charge in [0.05, 0.1) is 0 Å². The molecular formula is C12H10LiNO4S2. The minimum atomic E-state index is -4.23. The van der Waals surface area contributed by atoms with E-state index < -0.39 is 20.0 Å². The molecule has 0 saturated carbocycles. The summed E-state index contributed by atoms with van der Waals surface area (Å²) in [5, 5.41) is 0. The third-order valence-corrected chi connectivity index (χ3v) is 5.58. The average molecular weight is 303 g/mol. The molecule has 0 N–H and O–H groups in total. The zero-order valence-electron chi connectivity index (χ0n) is 10.7. The second kappa shape index (κ2) is 6.57. The van der Waals surface area contributed by atoms with Crippen molar-refractivity contribution in [2.75, 3.05) is 0 Å². The van der Waals surface area contributed by atoms with E-state index in [0.717, 1.165) is 0 Å². The van der Waals surface area contributed by atoms with Crippen molar-refractivity contribution in [3.05, 3.63) is 64.8 Å². The van der Waals surface area contributed by atoms with Gasteiger partial charge in [-0.05, 0) is 24.3 Å². The maximum atomic E-state index is 11.9. The minimum Gasteiger partial charge on any atom is -0.428 e. The second-order valence-corrected chi connectivity index (χ2v) is 7.09. The van der Waals surface area contributed by atoms with Crippen LogP contribution in [0.15, 0.2) is 70.5 Å². The molecule has 0 spiro atoms. The second-order valence-electron chi connectivity index (χ2n) is 3.65. The van der Waals surface area contributed by atoms with Crippen LogP contribution < -0.4 is 18.9 Å². The number of benzene rings is 2. The van der Waals surface area contributed by atoms with E-state index in [1.165, 1.54) is 48.5 Å². The van der Waals surface area contributed by atoms with Crippen molar-refractivity contribution in [1.82, 2.24) is 0 Å². The first-order valence-electron chi connectivity index (χ1n) is 5.26. The first-order chi connectivity index (χ1) is 8.92. The van der Waals surface area contributed by atoms with Gasteiger partial charge in [0.1, 0.15) is 20.0 Å². The van der Waals surface area contributed by atoms with E-state index in [4.69, 9.17) is 0 Å². The van der Waals surface area contributed by atoms with Crippen molar-refractivity contribution in [2.45, 2.75) is 9.79 Å². The Bertz CT molecular complexity index is 692. The van der Waals surface area contributed by atoms with E-state index in [1.54, 1.807) is 12.1 Å². The zero-order valence-corrected chi connectivity index (χ0v) is 12.3. The Morgan fingerprint density at radius 1 is 0.600 bits per heavy atom. The Labute approximate surface area is 130 Å². The molecule has 0 heterocycles. The van der Waals surface area contributed by atoms with E-state index in [0.29, 0.717) is 0 Å². The number of nitrogens with zero attached hydrogens (tertiary/aromatic N) is 1. The molecule has 0 amide bonds. The first kappa shape index (κ1) is 17.0. The fraction of sp³-hybridized carbons (Fsp3) is 0. The van der Waals surface area contributed by atoms with E-state index in [9.17, 15) is 16.8 Å². The van der Waals surface area contributed by atoms with Gasteiger partial charge in [0.15, 0.2) is 0 Å². The van der Waals surface area contributed by atoms with Crippen LogP contribution in [0.3, 0.4) is 0 Å². The quantitative estimate of drug-likeness (QED) is 0.688. The van der Waals surface area contributed by atoms with Crippen molar-refractivity contribution in [3.8, 4) is 0 Å². The summed E-state index contributed by atoms with van der Waals surface area (Å²) in [5.74, 6) is 0. The molecule has 20 heavy (non-hydrogen) atoms. The van der Waals surface area contributed by atoms with Crippen molar-refractivity contribution in [3.63, 3.8) is 0 Å². The van der Waals surface area contributed by atoms with Gasteiger partial charge >= 0.3 is 18.9 Å². The van der Waals surface area contributed by atoms with Crippen LogP contribution in [-0.2, 0) is 20.0 Å². The van der Waals surface area contributed by atoms with E-state index in [-0.39, 0.29) is 28.7 Å². The molecule has 0 radical (unpaired) electrons. The standard InChI is InChI=1S/C12H10NO4S2.Li/c14-18(15,11-7-3-1-4-8-11)13-19(16,17)12-9-5-2-6-10-12;/h1-10H;/q-1;+1. The van der Waals surface area contributed by atoms with Crippen LogP contribution in [0.5, 0.6) is 0 Å². The summed E-state index contributed by atoms with van der Waals surface area (Å²) in [6.07, 6.45) is 0. The summed E-state index contributed by atoms with van der Waals surface area (Å²) < 4.78 is 50.5. The number of hydrogen-bond acceptors (Lipinski definition) is 4. The summed E-state index contributed by atoms with van der Waals surface area (Å²) in [5.41, 5.74) is 0. The molecule has 0 fully saturated rings. The summed E-state index contributed by atoms with van der Waals surface area (Å²) in [6.45, 7) is 0. The van der Waals surface area contributed by atoms with Gasteiger partial charge < -0.3 is 4.13 Å². The van der Waals surface area contributed by atoms with Crippen LogP contribution in [-0.4, -0.2) is 16.8 Å². The Morgan fingerprint density at radius 2 is 0.900 bits per heavy atom. The molecule has 0 aliphatic carbocycles. The third kappa shape index (κ3) is 3.95.